The summed E-state index contributed by atoms with van der Waals surface area (Å²) in [5, 5.41) is 15.2. The van der Waals surface area contributed by atoms with E-state index in [0.29, 0.717) is 25.8 Å². The molecule has 0 aromatic heterocycles. The third kappa shape index (κ3) is 4.51. The van der Waals surface area contributed by atoms with Gasteiger partial charge in [0.15, 0.2) is 0 Å². The second-order valence-corrected chi connectivity index (χ2v) is 10.2. The van der Waals surface area contributed by atoms with Crippen LogP contribution in [0.1, 0.15) is 55.6 Å². The fourth-order valence-corrected chi connectivity index (χ4v) is 6.00. The maximum absolute atomic E-state index is 13.0. The highest BCUT2D eigenvalue weighted by molar-refractivity contribution is 5.84. The van der Waals surface area contributed by atoms with Crippen molar-refractivity contribution >= 4 is 18.0 Å². The third-order valence-corrected chi connectivity index (χ3v) is 8.21. The van der Waals surface area contributed by atoms with E-state index in [2.05, 4.69) is 34.9 Å². The molecule has 2 aromatic carbocycles. The second kappa shape index (κ2) is 9.72. The number of ether oxygens (including phenoxy) is 1. The van der Waals surface area contributed by atoms with Crippen molar-refractivity contribution in [3.63, 3.8) is 0 Å². The molecule has 7 nitrogen and oxygen atoms in total. The molecule has 3 aliphatic rings. The van der Waals surface area contributed by atoms with Crippen LogP contribution in [0.4, 0.5) is 4.79 Å². The van der Waals surface area contributed by atoms with Crippen LogP contribution < -0.4 is 10.6 Å². The number of carbonyl (C=O) groups excluding carboxylic acids is 2. The summed E-state index contributed by atoms with van der Waals surface area (Å²) in [6.07, 6.45) is 4.19. The van der Waals surface area contributed by atoms with Gasteiger partial charge in [0, 0.05) is 19.0 Å². The molecule has 3 N–H and O–H groups in total. The molecular weight excluding hydrogens is 444 g/mol. The van der Waals surface area contributed by atoms with Gasteiger partial charge in [-0.25, -0.2) is 4.79 Å². The molecule has 5 rings (SSSR count). The first-order valence-electron chi connectivity index (χ1n) is 12.6. The minimum atomic E-state index is -0.781. The van der Waals surface area contributed by atoms with Crippen molar-refractivity contribution < 1.29 is 24.2 Å². The molecule has 0 unspecified atom stereocenters. The van der Waals surface area contributed by atoms with Crippen LogP contribution in [0.2, 0.25) is 0 Å². The lowest BCUT2D eigenvalue weighted by molar-refractivity contribution is -0.143. The van der Waals surface area contributed by atoms with Gasteiger partial charge in [0.2, 0.25) is 5.91 Å². The lowest BCUT2D eigenvalue weighted by atomic mass is 9.68. The van der Waals surface area contributed by atoms with E-state index in [4.69, 9.17) is 4.74 Å². The van der Waals surface area contributed by atoms with Gasteiger partial charge in [-0.2, -0.15) is 0 Å². The van der Waals surface area contributed by atoms with E-state index in [1.807, 2.05) is 24.3 Å². The molecule has 2 atom stereocenters. The van der Waals surface area contributed by atoms with E-state index in [1.165, 1.54) is 11.1 Å². The van der Waals surface area contributed by atoms with Crippen molar-refractivity contribution in [3.05, 3.63) is 59.7 Å². The number of hydrogen-bond donors (Lipinski definition) is 3. The molecular formula is C28H32N2O5. The lowest BCUT2D eigenvalue weighted by Gasteiger charge is -2.40. The Morgan fingerprint density at radius 2 is 1.57 bits per heavy atom. The largest absolute Gasteiger partial charge is 0.481 e. The van der Waals surface area contributed by atoms with E-state index in [9.17, 15) is 19.5 Å². The van der Waals surface area contributed by atoms with E-state index in [-0.39, 0.29) is 36.8 Å². The number of alkyl carbamates (subject to hydrolysis) is 1. The van der Waals surface area contributed by atoms with Crippen LogP contribution >= 0.6 is 0 Å². The summed E-state index contributed by atoms with van der Waals surface area (Å²) in [5.41, 5.74) is 4.03. The molecule has 0 bridgehead atoms. The molecule has 0 saturated heterocycles. The highest BCUT2D eigenvalue weighted by Crippen LogP contribution is 2.44. The molecule has 35 heavy (non-hydrogen) atoms. The van der Waals surface area contributed by atoms with Crippen molar-refractivity contribution in [1.82, 2.24) is 10.6 Å². The molecule has 2 fully saturated rings. The van der Waals surface area contributed by atoms with Gasteiger partial charge in [-0.05, 0) is 53.9 Å². The number of amides is 2. The van der Waals surface area contributed by atoms with Gasteiger partial charge in [-0.15, -0.1) is 0 Å². The van der Waals surface area contributed by atoms with Crippen LogP contribution in [0.3, 0.4) is 0 Å². The standard InChI is InChI=1S/C28H32N2O5/c31-25(32)19-12-5-7-18(19)15-29-26(33)28(13-6-14-28)17-30-27(34)35-16-24-22-10-3-1-8-20(22)21-9-2-4-11-23(21)24/h1-4,8-11,18-19,24H,5-7,12-17H2,(H,29,33)(H,30,34)(H,31,32)/t18-,19-/m0/s1. The summed E-state index contributed by atoms with van der Waals surface area (Å²) < 4.78 is 5.62. The van der Waals surface area contributed by atoms with Gasteiger partial charge >= 0.3 is 12.1 Å². The van der Waals surface area contributed by atoms with Crippen LogP contribution in [0.25, 0.3) is 11.1 Å². The first kappa shape index (κ1) is 23.4. The molecule has 2 amide bonds. The molecule has 0 spiro atoms. The van der Waals surface area contributed by atoms with Crippen molar-refractivity contribution in [2.24, 2.45) is 17.3 Å². The lowest BCUT2D eigenvalue weighted by Crippen LogP contribution is -2.53. The number of carbonyl (C=O) groups is 3. The van der Waals surface area contributed by atoms with Crippen molar-refractivity contribution in [2.75, 3.05) is 19.7 Å². The molecule has 2 saturated carbocycles. The van der Waals surface area contributed by atoms with E-state index in [0.717, 1.165) is 30.4 Å². The average Bonchev–Trinajstić information content (AvgIpc) is 3.44. The SMILES string of the molecule is O=C(NCC1(C(=O)NC[C@@H]2CCC[C@@H]2C(=O)O)CCC1)OCC1c2ccccc2-c2ccccc21. The Bertz CT molecular complexity index is 1080. The smallest absolute Gasteiger partial charge is 0.407 e. The summed E-state index contributed by atoms with van der Waals surface area (Å²) in [5.74, 6) is -1.30. The van der Waals surface area contributed by atoms with Gasteiger partial charge in [0.25, 0.3) is 0 Å². The van der Waals surface area contributed by atoms with Crippen LogP contribution in [0.15, 0.2) is 48.5 Å². The molecule has 0 radical (unpaired) electrons. The summed E-state index contributed by atoms with van der Waals surface area (Å²) >= 11 is 0. The highest BCUT2D eigenvalue weighted by Gasteiger charge is 2.45. The highest BCUT2D eigenvalue weighted by atomic mass is 16.5. The number of fused-ring (bicyclic) bond motifs is 3. The Labute approximate surface area is 205 Å². The second-order valence-electron chi connectivity index (χ2n) is 10.2. The van der Waals surface area contributed by atoms with Crippen LogP contribution in [0, 0.1) is 17.3 Å². The Balaban J connectivity index is 1.14. The van der Waals surface area contributed by atoms with Gasteiger partial charge < -0.3 is 20.5 Å². The zero-order valence-electron chi connectivity index (χ0n) is 19.8. The predicted molar refractivity (Wildman–Crippen MR) is 131 cm³/mol. The van der Waals surface area contributed by atoms with Crippen LogP contribution in [0.5, 0.6) is 0 Å². The fourth-order valence-electron chi connectivity index (χ4n) is 6.00. The Morgan fingerprint density at radius 3 is 2.17 bits per heavy atom. The van der Waals surface area contributed by atoms with Gasteiger partial charge in [0.05, 0.1) is 11.3 Å². The topological polar surface area (TPSA) is 105 Å². The summed E-state index contributed by atoms with van der Waals surface area (Å²) in [7, 11) is 0. The van der Waals surface area contributed by atoms with Crippen LogP contribution in [-0.2, 0) is 14.3 Å². The van der Waals surface area contributed by atoms with Crippen molar-refractivity contribution in [1.29, 1.82) is 0 Å². The van der Waals surface area contributed by atoms with Gasteiger partial charge in [-0.3, -0.25) is 9.59 Å². The molecule has 0 aliphatic heterocycles. The number of hydrogen-bond acceptors (Lipinski definition) is 4. The molecule has 3 aliphatic carbocycles. The fraction of sp³-hybridized carbons (Fsp3) is 0.464. The third-order valence-electron chi connectivity index (χ3n) is 8.21. The number of rotatable bonds is 8. The van der Waals surface area contributed by atoms with E-state index in [1.54, 1.807) is 0 Å². The zero-order valence-corrected chi connectivity index (χ0v) is 19.8. The number of aliphatic carboxylic acids is 1. The molecule has 184 valence electrons. The minimum Gasteiger partial charge on any atom is -0.481 e. The number of carboxylic acid groups (broad SMARTS) is 1. The maximum Gasteiger partial charge on any atom is 0.407 e. The Morgan fingerprint density at radius 1 is 0.914 bits per heavy atom. The van der Waals surface area contributed by atoms with Crippen LogP contribution in [-0.4, -0.2) is 42.8 Å². The molecule has 0 heterocycles. The van der Waals surface area contributed by atoms with Crippen molar-refractivity contribution in [3.8, 4) is 11.1 Å². The van der Waals surface area contributed by atoms with E-state index < -0.39 is 17.5 Å². The van der Waals surface area contributed by atoms with Gasteiger partial charge in [0.1, 0.15) is 6.61 Å². The monoisotopic (exact) mass is 476 g/mol. The zero-order chi connectivity index (χ0) is 24.4. The quantitative estimate of drug-likeness (QED) is 0.527. The van der Waals surface area contributed by atoms with Gasteiger partial charge in [-0.1, -0.05) is 61.4 Å². The molecule has 2 aromatic rings. The predicted octanol–water partition coefficient (Wildman–Crippen LogP) is 4.31. The molecule has 7 heteroatoms. The normalized spacial score (nSPS) is 21.9. The Kier molecular flexibility index (Phi) is 6.50. The number of carboxylic acids is 1. The maximum atomic E-state index is 13.0. The minimum absolute atomic E-state index is 0.0114. The first-order valence-corrected chi connectivity index (χ1v) is 12.6. The summed E-state index contributed by atoms with van der Waals surface area (Å²) in [6.45, 7) is 0.836. The average molecular weight is 477 g/mol. The first-order chi connectivity index (χ1) is 17.0. The Hall–Kier alpha value is -3.35. The summed E-state index contributed by atoms with van der Waals surface area (Å²) in [6, 6.07) is 16.4. The van der Waals surface area contributed by atoms with E-state index >= 15 is 0 Å². The number of nitrogens with one attached hydrogen (secondary N) is 2. The summed E-state index contributed by atoms with van der Waals surface area (Å²) in [4.78, 5) is 37.0. The van der Waals surface area contributed by atoms with Crippen molar-refractivity contribution in [2.45, 2.75) is 44.4 Å². The number of benzene rings is 2.